The standard InChI is InChI=1S/C25H20ClN5O3/c26-20-13-17(6-7-19(20)25(33)30-34-12-11-32)21-8-9-22-24(29-21)31(15-28-22)14-18-4-1-3-16-5-2-10-27-23(16)18/h1-10,13,15,32H,11-12,14H2,(H,30,33). The summed E-state index contributed by atoms with van der Waals surface area (Å²) >= 11 is 6.36. The molecule has 0 saturated carbocycles. The highest BCUT2D eigenvalue weighted by Crippen LogP contribution is 2.27. The molecule has 3 aromatic heterocycles. The van der Waals surface area contributed by atoms with Gasteiger partial charge in [-0.2, -0.15) is 0 Å². The molecule has 5 rings (SSSR count). The van der Waals surface area contributed by atoms with Crippen LogP contribution in [0, 0.1) is 0 Å². The minimum Gasteiger partial charge on any atom is -0.394 e. The van der Waals surface area contributed by atoms with Crippen molar-refractivity contribution in [1.29, 1.82) is 0 Å². The Kier molecular flexibility index (Phi) is 6.18. The van der Waals surface area contributed by atoms with Gasteiger partial charge < -0.3 is 9.67 Å². The van der Waals surface area contributed by atoms with Gasteiger partial charge in [-0.15, -0.1) is 0 Å². The van der Waals surface area contributed by atoms with E-state index in [2.05, 4.69) is 21.5 Å². The largest absolute Gasteiger partial charge is 0.394 e. The van der Waals surface area contributed by atoms with E-state index in [1.807, 2.05) is 41.0 Å². The van der Waals surface area contributed by atoms with Gasteiger partial charge >= 0.3 is 0 Å². The van der Waals surface area contributed by atoms with Crippen LogP contribution in [0.2, 0.25) is 5.02 Å². The van der Waals surface area contributed by atoms with E-state index in [0.717, 1.165) is 33.2 Å². The number of imidazole rings is 1. The highest BCUT2D eigenvalue weighted by molar-refractivity contribution is 6.34. The average Bonchev–Trinajstić information content (AvgIpc) is 3.26. The van der Waals surface area contributed by atoms with Crippen LogP contribution >= 0.6 is 11.6 Å². The number of hydrogen-bond acceptors (Lipinski definition) is 6. The molecule has 1 amide bonds. The van der Waals surface area contributed by atoms with E-state index >= 15 is 0 Å². The van der Waals surface area contributed by atoms with Crippen molar-refractivity contribution in [3.8, 4) is 11.3 Å². The number of para-hydroxylation sites is 1. The Balaban J connectivity index is 1.45. The molecule has 0 bridgehead atoms. The number of nitrogens with one attached hydrogen (secondary N) is 1. The number of benzene rings is 2. The molecule has 0 saturated heterocycles. The number of aliphatic hydroxyl groups excluding tert-OH is 1. The highest BCUT2D eigenvalue weighted by atomic mass is 35.5. The summed E-state index contributed by atoms with van der Waals surface area (Å²) < 4.78 is 1.99. The fourth-order valence-electron chi connectivity index (χ4n) is 3.77. The van der Waals surface area contributed by atoms with Gasteiger partial charge in [-0.25, -0.2) is 15.4 Å². The molecule has 0 radical (unpaired) electrons. The van der Waals surface area contributed by atoms with Crippen LogP contribution < -0.4 is 5.48 Å². The second-order valence-electron chi connectivity index (χ2n) is 7.60. The average molecular weight is 474 g/mol. The van der Waals surface area contributed by atoms with E-state index in [1.165, 1.54) is 0 Å². The molecule has 8 nitrogen and oxygen atoms in total. The summed E-state index contributed by atoms with van der Waals surface area (Å²) in [5, 5.41) is 10.1. The molecule has 3 heterocycles. The SMILES string of the molecule is O=C(NOCCO)c1ccc(-c2ccc3ncn(Cc4cccc5cccnc45)c3n2)cc1Cl. The second kappa shape index (κ2) is 9.56. The van der Waals surface area contributed by atoms with Crippen LogP contribution in [-0.4, -0.2) is 43.7 Å². The van der Waals surface area contributed by atoms with E-state index in [-0.39, 0.29) is 23.8 Å². The van der Waals surface area contributed by atoms with E-state index in [0.29, 0.717) is 12.2 Å². The summed E-state index contributed by atoms with van der Waals surface area (Å²) in [6.07, 6.45) is 3.57. The second-order valence-corrected chi connectivity index (χ2v) is 8.01. The Bertz CT molecular complexity index is 1500. The Labute approximate surface area is 199 Å². The van der Waals surface area contributed by atoms with Crippen LogP contribution in [-0.2, 0) is 11.4 Å². The molecule has 0 unspecified atom stereocenters. The predicted octanol–water partition coefficient (Wildman–Crippen LogP) is 4.00. The maximum Gasteiger partial charge on any atom is 0.276 e. The number of amides is 1. The van der Waals surface area contributed by atoms with Gasteiger partial charge in [-0.3, -0.25) is 14.6 Å². The summed E-state index contributed by atoms with van der Waals surface area (Å²) in [5.41, 5.74) is 7.52. The number of hydrogen-bond donors (Lipinski definition) is 2. The van der Waals surface area contributed by atoms with Crippen molar-refractivity contribution in [2.24, 2.45) is 0 Å². The number of rotatable bonds is 7. The van der Waals surface area contributed by atoms with Gasteiger partial charge in [0.2, 0.25) is 0 Å². The molecule has 0 aliphatic carbocycles. The fourth-order valence-corrected chi connectivity index (χ4v) is 4.04. The van der Waals surface area contributed by atoms with Crippen molar-refractivity contribution >= 4 is 39.6 Å². The molecule has 0 spiro atoms. The first-order valence-electron chi connectivity index (χ1n) is 10.6. The zero-order chi connectivity index (χ0) is 23.5. The van der Waals surface area contributed by atoms with Gasteiger partial charge in [0.1, 0.15) is 5.52 Å². The lowest BCUT2D eigenvalue weighted by Crippen LogP contribution is -2.25. The monoisotopic (exact) mass is 473 g/mol. The van der Waals surface area contributed by atoms with Crippen LogP contribution in [0.4, 0.5) is 0 Å². The summed E-state index contributed by atoms with van der Waals surface area (Å²) in [6.45, 7) is 0.373. The summed E-state index contributed by atoms with van der Waals surface area (Å²) in [7, 11) is 0. The third-order valence-electron chi connectivity index (χ3n) is 5.39. The Morgan fingerprint density at radius 2 is 1.97 bits per heavy atom. The van der Waals surface area contributed by atoms with Gasteiger partial charge in [0.05, 0.1) is 47.9 Å². The molecule has 2 N–H and O–H groups in total. The van der Waals surface area contributed by atoms with E-state index < -0.39 is 5.91 Å². The van der Waals surface area contributed by atoms with Gasteiger partial charge in [0, 0.05) is 17.1 Å². The molecule has 170 valence electrons. The Morgan fingerprint density at radius 3 is 2.82 bits per heavy atom. The van der Waals surface area contributed by atoms with Crippen LogP contribution in [0.1, 0.15) is 15.9 Å². The van der Waals surface area contributed by atoms with Crippen molar-refractivity contribution in [1.82, 2.24) is 25.0 Å². The molecule has 0 aliphatic heterocycles. The molecule has 5 aromatic rings. The number of hydroxylamine groups is 1. The minimum atomic E-state index is -0.491. The quantitative estimate of drug-likeness (QED) is 0.273. The first-order valence-corrected chi connectivity index (χ1v) is 11.0. The summed E-state index contributed by atoms with van der Waals surface area (Å²) in [5.74, 6) is -0.491. The van der Waals surface area contributed by atoms with Crippen molar-refractivity contribution in [3.05, 3.63) is 89.3 Å². The van der Waals surface area contributed by atoms with Gasteiger partial charge in [0.15, 0.2) is 5.65 Å². The Hall–Kier alpha value is -3.85. The van der Waals surface area contributed by atoms with Crippen LogP contribution in [0.5, 0.6) is 0 Å². The van der Waals surface area contributed by atoms with Crippen molar-refractivity contribution in [2.75, 3.05) is 13.2 Å². The first kappa shape index (κ1) is 22.0. The zero-order valence-corrected chi connectivity index (χ0v) is 18.7. The van der Waals surface area contributed by atoms with E-state index in [4.69, 9.17) is 26.5 Å². The summed E-state index contributed by atoms with van der Waals surface area (Å²) in [4.78, 5) is 30.9. The van der Waals surface area contributed by atoms with Crippen LogP contribution in [0.3, 0.4) is 0 Å². The minimum absolute atomic E-state index is 0.00605. The number of carbonyl (C=O) groups excluding carboxylic acids is 1. The van der Waals surface area contributed by atoms with Crippen molar-refractivity contribution in [3.63, 3.8) is 0 Å². The molecular formula is C25H20ClN5O3. The Morgan fingerprint density at radius 1 is 1.09 bits per heavy atom. The van der Waals surface area contributed by atoms with E-state index in [1.54, 1.807) is 30.7 Å². The predicted molar refractivity (Wildman–Crippen MR) is 129 cm³/mol. The normalized spacial score (nSPS) is 11.2. The van der Waals surface area contributed by atoms with Crippen LogP contribution in [0.25, 0.3) is 33.3 Å². The van der Waals surface area contributed by atoms with Crippen LogP contribution in [0.15, 0.2) is 73.2 Å². The molecule has 2 aromatic carbocycles. The first-order chi connectivity index (χ1) is 16.6. The number of fused-ring (bicyclic) bond motifs is 2. The third kappa shape index (κ3) is 4.34. The number of aliphatic hydroxyl groups is 1. The van der Waals surface area contributed by atoms with E-state index in [9.17, 15) is 4.79 Å². The lowest BCUT2D eigenvalue weighted by atomic mass is 10.1. The number of carbonyl (C=O) groups is 1. The smallest absolute Gasteiger partial charge is 0.276 e. The molecule has 34 heavy (non-hydrogen) atoms. The number of halogens is 1. The zero-order valence-electron chi connectivity index (χ0n) is 18.0. The number of aromatic nitrogens is 4. The topological polar surface area (TPSA) is 102 Å². The highest BCUT2D eigenvalue weighted by Gasteiger charge is 2.14. The maximum absolute atomic E-state index is 12.2. The molecule has 9 heteroatoms. The maximum atomic E-state index is 12.2. The number of nitrogens with zero attached hydrogens (tertiary/aromatic N) is 4. The molecular weight excluding hydrogens is 454 g/mol. The van der Waals surface area contributed by atoms with Gasteiger partial charge in [-0.1, -0.05) is 41.9 Å². The molecule has 0 aliphatic rings. The van der Waals surface area contributed by atoms with Crippen molar-refractivity contribution in [2.45, 2.75) is 6.54 Å². The fraction of sp³-hybridized carbons (Fsp3) is 0.120. The molecule has 0 fully saturated rings. The lowest BCUT2D eigenvalue weighted by Gasteiger charge is -2.09. The summed E-state index contributed by atoms with van der Waals surface area (Å²) in [6, 6.07) is 18.9. The van der Waals surface area contributed by atoms with Crippen molar-refractivity contribution < 1.29 is 14.7 Å². The van der Waals surface area contributed by atoms with Gasteiger partial charge in [0.25, 0.3) is 5.91 Å². The molecule has 0 atom stereocenters. The number of pyridine rings is 2. The van der Waals surface area contributed by atoms with Gasteiger partial charge in [-0.05, 0) is 35.9 Å². The lowest BCUT2D eigenvalue weighted by molar-refractivity contribution is 0.0168. The third-order valence-corrected chi connectivity index (χ3v) is 5.70.